The number of aliphatic hydroxyl groups is 2. The molecule has 2 fully saturated rings. The van der Waals surface area contributed by atoms with Gasteiger partial charge in [0.25, 0.3) is 0 Å². The van der Waals surface area contributed by atoms with Crippen LogP contribution in [0.15, 0.2) is 48.5 Å². The monoisotopic (exact) mass is 442 g/mol. The number of anilines is 1. The lowest BCUT2D eigenvalue weighted by molar-refractivity contribution is 0.104. The van der Waals surface area contributed by atoms with Crippen LogP contribution in [0.4, 0.5) is 5.69 Å². The summed E-state index contributed by atoms with van der Waals surface area (Å²) in [5.41, 5.74) is 3.57. The Morgan fingerprint density at radius 1 is 1.00 bits per heavy atom. The molecule has 31 heavy (non-hydrogen) atoms. The van der Waals surface area contributed by atoms with Crippen molar-refractivity contribution in [3.05, 3.63) is 59.7 Å². The van der Waals surface area contributed by atoms with Gasteiger partial charge in [-0.3, -0.25) is 0 Å². The number of hydrogen-bond donors (Lipinski definition) is 2. The van der Waals surface area contributed by atoms with Gasteiger partial charge in [0.1, 0.15) is 11.2 Å². The fourth-order valence-corrected chi connectivity index (χ4v) is 5.76. The number of benzene rings is 2. The average Bonchev–Trinajstić information content (AvgIpc) is 2.80. The van der Waals surface area contributed by atoms with Gasteiger partial charge < -0.3 is 24.7 Å². The zero-order valence-electron chi connectivity index (χ0n) is 18.3. The van der Waals surface area contributed by atoms with Crippen LogP contribution in [0, 0.1) is 0 Å². The fourth-order valence-electron chi connectivity index (χ4n) is 4.41. The summed E-state index contributed by atoms with van der Waals surface area (Å²) in [6.07, 6.45) is 1.61. The highest BCUT2D eigenvalue weighted by Gasteiger charge is 2.29. The lowest BCUT2D eigenvalue weighted by Gasteiger charge is -2.35. The van der Waals surface area contributed by atoms with E-state index < -0.39 is 6.10 Å². The largest absolute Gasteiger partial charge is 0.479 e. The van der Waals surface area contributed by atoms with Gasteiger partial charge in [0.15, 0.2) is 0 Å². The van der Waals surface area contributed by atoms with Crippen molar-refractivity contribution >= 4 is 17.4 Å². The Morgan fingerprint density at radius 2 is 1.74 bits per heavy atom. The van der Waals surface area contributed by atoms with Crippen LogP contribution in [-0.2, 0) is 6.42 Å². The maximum Gasteiger partial charge on any atom is 0.147 e. The van der Waals surface area contributed by atoms with Crippen LogP contribution in [0.1, 0.15) is 30.9 Å². The van der Waals surface area contributed by atoms with Crippen LogP contribution in [0.2, 0.25) is 0 Å². The topological polar surface area (TPSA) is 56.2 Å². The highest BCUT2D eigenvalue weighted by Crippen LogP contribution is 2.35. The highest BCUT2D eigenvalue weighted by atomic mass is 32.2. The van der Waals surface area contributed by atoms with E-state index >= 15 is 0 Å². The summed E-state index contributed by atoms with van der Waals surface area (Å²) in [5.74, 6) is 0.866. The third-order valence-electron chi connectivity index (χ3n) is 6.29. The molecule has 168 valence electrons. The molecule has 2 aromatic rings. The van der Waals surface area contributed by atoms with Gasteiger partial charge in [-0.05, 0) is 42.3 Å². The van der Waals surface area contributed by atoms with E-state index in [0.29, 0.717) is 12.8 Å². The number of thioether (sulfide) groups is 1. The summed E-state index contributed by atoms with van der Waals surface area (Å²) in [6, 6.07) is 17.1. The minimum Gasteiger partial charge on any atom is -0.479 e. The van der Waals surface area contributed by atoms with Gasteiger partial charge in [-0.25, -0.2) is 0 Å². The normalized spacial score (nSPS) is 24.9. The first-order valence-electron chi connectivity index (χ1n) is 11.4. The fraction of sp³-hybridized carbons (Fsp3) is 0.520. The van der Waals surface area contributed by atoms with Crippen LogP contribution in [0.3, 0.4) is 0 Å². The number of aliphatic hydroxyl groups excluding tert-OH is 2. The summed E-state index contributed by atoms with van der Waals surface area (Å²) in [4.78, 5) is 4.96. The Bertz CT molecular complexity index is 824. The van der Waals surface area contributed by atoms with Crippen molar-refractivity contribution in [3.8, 4) is 5.75 Å². The van der Waals surface area contributed by atoms with Gasteiger partial charge in [0.05, 0.1) is 12.7 Å². The zero-order valence-corrected chi connectivity index (χ0v) is 19.1. The molecule has 0 amide bonds. The molecule has 0 bridgehead atoms. The number of para-hydroxylation sites is 1. The summed E-state index contributed by atoms with van der Waals surface area (Å²) in [7, 11) is 0. The standard InChI is InChI=1S/C25H34N2O3S/c1-2-26-11-13-27(14-12-26)21-9-7-19(8-10-21)15-20-5-3-4-6-24(20)30-25-17-22(29)16-23(18-28)31-25/h3-10,22-23,25,28-29H,2,11-18H2,1H3/t22-,23-,25+/m0/s1. The Hall–Kier alpha value is -1.73. The minimum absolute atomic E-state index is 0.0349. The van der Waals surface area contributed by atoms with E-state index in [2.05, 4.69) is 47.1 Å². The van der Waals surface area contributed by atoms with Gasteiger partial charge in [-0.1, -0.05) is 37.3 Å². The number of rotatable bonds is 7. The smallest absolute Gasteiger partial charge is 0.147 e. The predicted molar refractivity (Wildman–Crippen MR) is 128 cm³/mol. The lowest BCUT2D eigenvalue weighted by atomic mass is 10.0. The van der Waals surface area contributed by atoms with Gasteiger partial charge in [0.2, 0.25) is 0 Å². The molecule has 3 atom stereocenters. The molecule has 2 aliphatic rings. The molecule has 0 aromatic heterocycles. The lowest BCUT2D eigenvalue weighted by Crippen LogP contribution is -2.46. The molecule has 2 aromatic carbocycles. The molecule has 0 radical (unpaired) electrons. The maximum atomic E-state index is 10.1. The van der Waals surface area contributed by atoms with Gasteiger partial charge in [-0.2, -0.15) is 0 Å². The zero-order chi connectivity index (χ0) is 21.6. The third-order valence-corrected chi connectivity index (χ3v) is 7.61. The number of nitrogens with zero attached hydrogens (tertiary/aromatic N) is 2. The molecule has 4 rings (SSSR count). The molecular weight excluding hydrogens is 408 g/mol. The molecule has 2 N–H and O–H groups in total. The van der Waals surface area contributed by atoms with Crippen LogP contribution in [0.25, 0.3) is 0 Å². The van der Waals surface area contributed by atoms with E-state index in [0.717, 1.165) is 50.5 Å². The summed E-state index contributed by atoms with van der Waals surface area (Å²) >= 11 is 1.62. The predicted octanol–water partition coefficient (Wildman–Crippen LogP) is 3.37. The van der Waals surface area contributed by atoms with Crippen molar-refractivity contribution in [2.45, 2.75) is 43.0 Å². The van der Waals surface area contributed by atoms with E-state index in [1.165, 1.54) is 11.3 Å². The van der Waals surface area contributed by atoms with Crippen molar-refractivity contribution in [3.63, 3.8) is 0 Å². The van der Waals surface area contributed by atoms with E-state index in [1.54, 1.807) is 11.8 Å². The first kappa shape index (κ1) is 22.5. The Kier molecular flexibility index (Phi) is 7.77. The second-order valence-corrected chi connectivity index (χ2v) is 9.95. The molecular formula is C25H34N2O3S. The highest BCUT2D eigenvalue weighted by molar-refractivity contribution is 8.00. The molecule has 0 aliphatic carbocycles. The Morgan fingerprint density at radius 3 is 2.45 bits per heavy atom. The van der Waals surface area contributed by atoms with Crippen molar-refractivity contribution in [2.75, 3.05) is 44.2 Å². The average molecular weight is 443 g/mol. The van der Waals surface area contributed by atoms with Gasteiger partial charge in [0, 0.05) is 50.0 Å². The summed E-state index contributed by atoms with van der Waals surface area (Å²) in [5, 5.41) is 19.6. The van der Waals surface area contributed by atoms with E-state index in [4.69, 9.17) is 4.74 Å². The van der Waals surface area contributed by atoms with E-state index in [1.807, 2.05) is 18.2 Å². The number of piperazine rings is 1. The first-order chi connectivity index (χ1) is 15.1. The van der Waals surface area contributed by atoms with Gasteiger partial charge >= 0.3 is 0 Å². The Labute approximate surface area is 190 Å². The third kappa shape index (κ3) is 5.95. The molecule has 6 heteroatoms. The van der Waals surface area contributed by atoms with E-state index in [-0.39, 0.29) is 17.3 Å². The second-order valence-electron chi connectivity index (χ2n) is 8.49. The molecule has 0 saturated carbocycles. The molecule has 2 heterocycles. The maximum absolute atomic E-state index is 10.1. The quantitative estimate of drug-likeness (QED) is 0.686. The van der Waals surface area contributed by atoms with Crippen molar-refractivity contribution in [2.24, 2.45) is 0 Å². The Balaban J connectivity index is 1.39. The van der Waals surface area contributed by atoms with Crippen LogP contribution in [-0.4, -0.2) is 71.2 Å². The minimum atomic E-state index is -0.415. The molecule has 2 aliphatic heterocycles. The number of likely N-dealkylation sites (N-methyl/N-ethyl adjacent to an activating group) is 1. The molecule has 0 unspecified atom stereocenters. The second kappa shape index (κ2) is 10.7. The van der Waals surface area contributed by atoms with E-state index in [9.17, 15) is 10.2 Å². The molecule has 2 saturated heterocycles. The van der Waals surface area contributed by atoms with Crippen molar-refractivity contribution < 1.29 is 14.9 Å². The number of ether oxygens (including phenoxy) is 1. The van der Waals surface area contributed by atoms with Gasteiger partial charge in [-0.15, -0.1) is 11.8 Å². The van der Waals surface area contributed by atoms with Crippen molar-refractivity contribution in [1.82, 2.24) is 4.90 Å². The molecule has 5 nitrogen and oxygen atoms in total. The summed E-state index contributed by atoms with van der Waals surface area (Å²) in [6.45, 7) is 7.87. The van der Waals surface area contributed by atoms with Crippen LogP contribution < -0.4 is 9.64 Å². The first-order valence-corrected chi connectivity index (χ1v) is 12.3. The van der Waals surface area contributed by atoms with Crippen LogP contribution in [0.5, 0.6) is 5.75 Å². The number of hydrogen-bond acceptors (Lipinski definition) is 6. The van der Waals surface area contributed by atoms with Crippen molar-refractivity contribution in [1.29, 1.82) is 0 Å². The van der Waals surface area contributed by atoms with Crippen LogP contribution >= 0.6 is 11.8 Å². The molecule has 0 spiro atoms. The SMILES string of the molecule is CCN1CCN(c2ccc(Cc3ccccc3O[C@H]3C[C@@H](O)C[C@@H](CO)S3)cc2)CC1. The summed E-state index contributed by atoms with van der Waals surface area (Å²) < 4.78 is 6.28.